The summed E-state index contributed by atoms with van der Waals surface area (Å²) in [5.74, 6) is -2.55. The van der Waals surface area contributed by atoms with Gasteiger partial charge >= 0.3 is 11.9 Å². The SMILES string of the molecule is Cc1ccc(O)c2c1C13CCN(C)[C@H](C)[C@]1(O)CC=C(OC(=O)CC[C@H](NC(=O)[C@H](C)O)C(=O)O)C3O2. The van der Waals surface area contributed by atoms with Crippen LogP contribution in [0.3, 0.4) is 0 Å². The van der Waals surface area contributed by atoms with Gasteiger partial charge in [0.15, 0.2) is 17.6 Å². The van der Waals surface area contributed by atoms with Crippen LogP contribution in [0.25, 0.3) is 0 Å². The first kappa shape index (κ1) is 26.9. The number of aliphatic hydroxyl groups is 2. The summed E-state index contributed by atoms with van der Waals surface area (Å²) in [5.41, 5.74) is -0.704. The normalized spacial score (nSPS) is 30.1. The number of ether oxygens (including phenoxy) is 2. The predicted octanol–water partition coefficient (Wildman–Crippen LogP) is 0.716. The van der Waals surface area contributed by atoms with E-state index < -0.39 is 47.1 Å². The predicted molar refractivity (Wildman–Crippen MR) is 130 cm³/mol. The van der Waals surface area contributed by atoms with Crippen molar-refractivity contribution in [3.05, 3.63) is 35.1 Å². The lowest BCUT2D eigenvalue weighted by molar-refractivity contribution is -0.162. The zero-order valence-electron chi connectivity index (χ0n) is 21.4. The molecule has 0 aromatic heterocycles. The van der Waals surface area contributed by atoms with Gasteiger partial charge in [-0.3, -0.25) is 9.59 Å². The number of aliphatic carboxylic acids is 1. The molecule has 1 aromatic rings. The van der Waals surface area contributed by atoms with Gasteiger partial charge in [-0.05, 0) is 64.9 Å². The quantitative estimate of drug-likeness (QED) is 0.325. The minimum absolute atomic E-state index is 0.0675. The molecule has 5 N–H and O–H groups in total. The summed E-state index contributed by atoms with van der Waals surface area (Å²) in [6.07, 6.45) is -0.547. The Hall–Kier alpha value is -3.15. The Bertz CT molecular complexity index is 1150. The van der Waals surface area contributed by atoms with E-state index in [-0.39, 0.29) is 42.6 Å². The van der Waals surface area contributed by atoms with E-state index in [4.69, 9.17) is 9.47 Å². The molecule has 4 rings (SSSR count). The number of hydrogen-bond donors (Lipinski definition) is 5. The number of aromatic hydroxyl groups is 1. The third-order valence-electron chi connectivity index (χ3n) is 8.19. The largest absolute Gasteiger partial charge is 0.504 e. The van der Waals surface area contributed by atoms with Crippen molar-refractivity contribution in [3.8, 4) is 11.5 Å². The Morgan fingerprint density at radius 1 is 1.32 bits per heavy atom. The first-order valence-corrected chi connectivity index (χ1v) is 12.4. The monoisotopic (exact) mass is 518 g/mol. The summed E-state index contributed by atoms with van der Waals surface area (Å²) >= 11 is 0. The molecule has 0 saturated carbocycles. The Morgan fingerprint density at radius 3 is 2.68 bits per heavy atom. The number of amides is 1. The Kier molecular flexibility index (Phi) is 7.00. The number of carboxylic acid groups (broad SMARTS) is 1. The molecular weight excluding hydrogens is 484 g/mol. The second-order valence-corrected chi connectivity index (χ2v) is 10.3. The lowest BCUT2D eigenvalue weighted by Gasteiger charge is -2.58. The molecule has 1 aromatic carbocycles. The van der Waals surface area contributed by atoms with Gasteiger partial charge in [-0.15, -0.1) is 0 Å². The van der Waals surface area contributed by atoms with Gasteiger partial charge in [0.1, 0.15) is 17.9 Å². The third-order valence-corrected chi connectivity index (χ3v) is 8.19. The van der Waals surface area contributed by atoms with Crippen molar-refractivity contribution in [2.45, 2.75) is 81.8 Å². The smallest absolute Gasteiger partial charge is 0.326 e. The Labute approximate surface area is 214 Å². The molecule has 1 amide bonds. The third kappa shape index (κ3) is 4.24. The van der Waals surface area contributed by atoms with Crippen LogP contribution in [0.1, 0.15) is 50.7 Å². The van der Waals surface area contributed by atoms with E-state index in [1.807, 2.05) is 20.9 Å². The zero-order valence-corrected chi connectivity index (χ0v) is 21.4. The fourth-order valence-corrected chi connectivity index (χ4v) is 6.00. The average molecular weight is 519 g/mol. The van der Waals surface area contributed by atoms with E-state index in [1.54, 1.807) is 12.1 Å². The van der Waals surface area contributed by atoms with Crippen LogP contribution in [0.2, 0.25) is 0 Å². The van der Waals surface area contributed by atoms with Crippen molar-refractivity contribution in [3.63, 3.8) is 0 Å². The molecule has 2 unspecified atom stereocenters. The van der Waals surface area contributed by atoms with E-state index in [0.717, 1.165) is 5.56 Å². The number of piperidine rings is 1. The molecule has 1 aliphatic carbocycles. The van der Waals surface area contributed by atoms with Crippen LogP contribution >= 0.6 is 0 Å². The summed E-state index contributed by atoms with van der Waals surface area (Å²) in [5, 5.41) is 43.7. The summed E-state index contributed by atoms with van der Waals surface area (Å²) in [7, 11) is 1.94. The van der Waals surface area contributed by atoms with Crippen LogP contribution < -0.4 is 10.1 Å². The van der Waals surface area contributed by atoms with Gasteiger partial charge in [0, 0.05) is 24.4 Å². The van der Waals surface area contributed by atoms with Crippen LogP contribution in [-0.2, 0) is 24.5 Å². The number of carbonyl (C=O) groups excluding carboxylic acids is 2. The standard InChI is InChI=1S/C26H34N2O9/c1-13-5-7-17(30)21-20(13)25-11-12-28(4)15(3)26(25,35)10-9-18(22(25)37-21)36-19(31)8-6-16(24(33)34)27-23(32)14(2)29/h5,7,9,14-16,22,29-30,35H,6,8,10-12H2,1-4H3,(H,27,32)(H,33,34)/t14-,15+,16-,22?,25?,26+/m0/s1. The minimum Gasteiger partial charge on any atom is -0.504 e. The Morgan fingerprint density at radius 2 is 2.03 bits per heavy atom. The van der Waals surface area contributed by atoms with Crippen LogP contribution in [0.15, 0.2) is 24.0 Å². The van der Waals surface area contributed by atoms with Crippen LogP contribution in [0.4, 0.5) is 0 Å². The number of benzene rings is 1. The number of carbonyl (C=O) groups is 3. The first-order chi connectivity index (χ1) is 17.3. The van der Waals surface area contributed by atoms with Crippen molar-refractivity contribution in [2.75, 3.05) is 13.6 Å². The lowest BCUT2D eigenvalue weighted by atomic mass is 9.54. The number of hydrogen-bond acceptors (Lipinski definition) is 9. The first-order valence-electron chi connectivity index (χ1n) is 12.4. The minimum atomic E-state index is -1.39. The molecule has 1 spiro atoms. The molecule has 2 heterocycles. The molecule has 6 atom stereocenters. The highest BCUT2D eigenvalue weighted by molar-refractivity contribution is 5.86. The molecule has 37 heavy (non-hydrogen) atoms. The molecule has 1 saturated heterocycles. The molecule has 0 radical (unpaired) electrons. The van der Waals surface area contributed by atoms with Crippen LogP contribution in [0.5, 0.6) is 11.5 Å². The molecule has 11 heteroatoms. The summed E-state index contributed by atoms with van der Waals surface area (Å²) in [4.78, 5) is 38.1. The number of fused-ring (bicyclic) bond motifs is 1. The number of aliphatic hydroxyl groups excluding tert-OH is 1. The number of esters is 1. The second-order valence-electron chi connectivity index (χ2n) is 10.3. The van der Waals surface area contributed by atoms with Crippen molar-refractivity contribution >= 4 is 17.8 Å². The van der Waals surface area contributed by atoms with Crippen molar-refractivity contribution in [1.29, 1.82) is 0 Å². The van der Waals surface area contributed by atoms with Crippen LogP contribution in [0, 0.1) is 6.92 Å². The number of likely N-dealkylation sites (tertiary alicyclic amines) is 1. The summed E-state index contributed by atoms with van der Waals surface area (Å²) in [6, 6.07) is 1.66. The number of rotatable bonds is 7. The fourth-order valence-electron chi connectivity index (χ4n) is 6.00. The Balaban J connectivity index is 1.61. The number of nitrogens with one attached hydrogen (secondary N) is 1. The topological polar surface area (TPSA) is 166 Å². The van der Waals surface area contributed by atoms with Gasteiger partial charge in [0.05, 0.1) is 11.0 Å². The van der Waals surface area contributed by atoms with E-state index in [2.05, 4.69) is 10.2 Å². The number of carboxylic acids is 1. The maximum absolute atomic E-state index is 12.8. The van der Waals surface area contributed by atoms with E-state index >= 15 is 0 Å². The van der Waals surface area contributed by atoms with Gasteiger partial charge in [-0.25, -0.2) is 4.79 Å². The molecule has 3 aliphatic rings. The van der Waals surface area contributed by atoms with E-state index in [1.165, 1.54) is 13.0 Å². The number of nitrogens with zero attached hydrogens (tertiary/aromatic N) is 1. The van der Waals surface area contributed by atoms with Gasteiger partial charge in [0.25, 0.3) is 0 Å². The summed E-state index contributed by atoms with van der Waals surface area (Å²) < 4.78 is 11.9. The maximum atomic E-state index is 12.8. The number of likely N-dealkylation sites (N-methyl/N-ethyl adjacent to an activating group) is 1. The summed E-state index contributed by atoms with van der Waals surface area (Å²) in [6.45, 7) is 5.67. The van der Waals surface area contributed by atoms with Gasteiger partial charge < -0.3 is 40.1 Å². The highest BCUT2D eigenvalue weighted by atomic mass is 16.6. The van der Waals surface area contributed by atoms with Gasteiger partial charge in [-0.1, -0.05) is 6.07 Å². The lowest BCUT2D eigenvalue weighted by Crippen LogP contribution is -2.71. The molecule has 0 bridgehead atoms. The zero-order chi connectivity index (χ0) is 27.3. The second kappa shape index (κ2) is 9.62. The van der Waals surface area contributed by atoms with E-state index in [0.29, 0.717) is 18.5 Å². The van der Waals surface area contributed by atoms with Crippen molar-refractivity contribution < 1.29 is 44.3 Å². The van der Waals surface area contributed by atoms with Crippen molar-refractivity contribution in [1.82, 2.24) is 10.2 Å². The van der Waals surface area contributed by atoms with Gasteiger partial charge in [-0.2, -0.15) is 0 Å². The number of aryl methyl sites for hydroxylation is 1. The molecule has 202 valence electrons. The van der Waals surface area contributed by atoms with Gasteiger partial charge in [0.2, 0.25) is 5.91 Å². The molecule has 1 fully saturated rings. The molecule has 2 aliphatic heterocycles. The molecule has 11 nitrogen and oxygen atoms in total. The number of phenols is 1. The fraction of sp³-hybridized carbons (Fsp3) is 0.577. The maximum Gasteiger partial charge on any atom is 0.326 e. The van der Waals surface area contributed by atoms with E-state index in [9.17, 15) is 34.8 Å². The molecular formula is C26H34N2O9. The number of phenolic OH excluding ortho intramolecular Hbond substituents is 1. The average Bonchev–Trinajstić information content (AvgIpc) is 3.21. The van der Waals surface area contributed by atoms with Crippen LogP contribution in [-0.4, -0.2) is 86.7 Å². The highest BCUT2D eigenvalue weighted by Gasteiger charge is 2.69. The van der Waals surface area contributed by atoms with Crippen molar-refractivity contribution in [2.24, 2.45) is 0 Å². The highest BCUT2D eigenvalue weighted by Crippen LogP contribution is 2.62.